The lowest BCUT2D eigenvalue weighted by Crippen LogP contribution is -2.51. The van der Waals surface area contributed by atoms with E-state index in [2.05, 4.69) is 10.9 Å². The second-order valence-electron chi connectivity index (χ2n) is 7.30. The van der Waals surface area contributed by atoms with E-state index in [1.807, 2.05) is 29.7 Å². The van der Waals surface area contributed by atoms with E-state index in [4.69, 9.17) is 15.9 Å². The number of aromatic nitrogens is 1. The first-order valence-electron chi connectivity index (χ1n) is 11.0. The highest BCUT2D eigenvalue weighted by atomic mass is 32.2. The molecule has 11 heteroatoms. The van der Waals surface area contributed by atoms with E-state index in [1.165, 1.54) is 23.1 Å². The van der Waals surface area contributed by atoms with Crippen LogP contribution in [0.2, 0.25) is 0 Å². The first-order valence-corrected chi connectivity index (χ1v) is 13.0. The molecule has 0 bridgehead atoms. The molecule has 1 aliphatic rings. The lowest BCUT2D eigenvalue weighted by Gasteiger charge is -2.34. The van der Waals surface area contributed by atoms with Gasteiger partial charge in [0, 0.05) is 26.2 Å². The van der Waals surface area contributed by atoms with Crippen molar-refractivity contribution in [2.75, 3.05) is 50.9 Å². The van der Waals surface area contributed by atoms with Crippen molar-refractivity contribution in [2.45, 2.75) is 20.4 Å². The van der Waals surface area contributed by atoms with Crippen molar-refractivity contribution < 1.29 is 23.9 Å². The van der Waals surface area contributed by atoms with Crippen molar-refractivity contribution >= 4 is 51.2 Å². The highest BCUT2D eigenvalue weighted by Gasteiger charge is 2.24. The molecule has 0 N–H and O–H groups in total. The molecule has 0 spiro atoms. The van der Waals surface area contributed by atoms with Crippen LogP contribution in [-0.4, -0.2) is 83.2 Å². The molecule has 9 nitrogen and oxygen atoms in total. The molecule has 182 valence electrons. The topological polar surface area (TPSA) is 93.4 Å². The van der Waals surface area contributed by atoms with Crippen LogP contribution in [0, 0.1) is 12.3 Å². The summed E-state index contributed by atoms with van der Waals surface area (Å²) in [6.07, 6.45) is 5.17. The zero-order valence-electron chi connectivity index (χ0n) is 19.3. The van der Waals surface area contributed by atoms with Crippen molar-refractivity contribution in [2.24, 2.45) is 4.99 Å². The molecule has 0 atom stereocenters. The normalized spacial score (nSPS) is 14.2. The Morgan fingerprint density at radius 2 is 1.85 bits per heavy atom. The number of piperazine rings is 1. The molecular formula is C23H28N4O5S2. The number of hydrogen-bond donors (Lipinski definition) is 0. The largest absolute Gasteiger partial charge is 0.494 e. The average Bonchev–Trinajstić information content (AvgIpc) is 3.15. The fourth-order valence-corrected chi connectivity index (χ4v) is 5.22. The Bertz CT molecular complexity index is 1140. The predicted molar refractivity (Wildman–Crippen MR) is 133 cm³/mol. The first kappa shape index (κ1) is 25.6. The number of amides is 3. The van der Waals surface area contributed by atoms with Crippen molar-refractivity contribution in [1.29, 1.82) is 0 Å². The minimum atomic E-state index is -0.353. The van der Waals surface area contributed by atoms with E-state index in [-0.39, 0.29) is 29.4 Å². The molecule has 0 radical (unpaired) electrons. The second kappa shape index (κ2) is 12.5. The van der Waals surface area contributed by atoms with Crippen LogP contribution in [0.5, 0.6) is 5.75 Å². The molecule has 0 saturated carbocycles. The van der Waals surface area contributed by atoms with Crippen LogP contribution in [0.1, 0.15) is 13.8 Å². The van der Waals surface area contributed by atoms with Gasteiger partial charge in [0.1, 0.15) is 5.75 Å². The highest BCUT2D eigenvalue weighted by molar-refractivity contribution is 8.00. The monoisotopic (exact) mass is 504 g/mol. The van der Waals surface area contributed by atoms with Gasteiger partial charge in [0.05, 0.1) is 41.5 Å². The van der Waals surface area contributed by atoms with Crippen LogP contribution in [-0.2, 0) is 20.9 Å². The summed E-state index contributed by atoms with van der Waals surface area (Å²) in [7, 11) is 0. The lowest BCUT2D eigenvalue weighted by atomic mass is 10.3. The third-order valence-corrected chi connectivity index (χ3v) is 6.99. The maximum Gasteiger partial charge on any atom is 0.409 e. The summed E-state index contributed by atoms with van der Waals surface area (Å²) in [6.45, 7) is 6.65. The van der Waals surface area contributed by atoms with Crippen molar-refractivity contribution in [3.05, 3.63) is 23.0 Å². The summed E-state index contributed by atoms with van der Waals surface area (Å²) < 4.78 is 13.3. The quantitative estimate of drug-likeness (QED) is 0.512. The van der Waals surface area contributed by atoms with E-state index in [9.17, 15) is 14.4 Å². The Balaban J connectivity index is 1.56. The van der Waals surface area contributed by atoms with Gasteiger partial charge in [-0.3, -0.25) is 9.59 Å². The summed E-state index contributed by atoms with van der Waals surface area (Å²) in [5.41, 5.74) is 0.891. The molecule has 3 rings (SSSR count). The van der Waals surface area contributed by atoms with Gasteiger partial charge in [0.2, 0.25) is 5.91 Å². The average molecular weight is 505 g/mol. The first-order chi connectivity index (χ1) is 16.5. The van der Waals surface area contributed by atoms with Gasteiger partial charge in [-0.15, -0.1) is 18.2 Å². The molecule has 1 saturated heterocycles. The van der Waals surface area contributed by atoms with Crippen LogP contribution in [0.25, 0.3) is 10.2 Å². The molecule has 34 heavy (non-hydrogen) atoms. The van der Waals surface area contributed by atoms with Crippen LogP contribution in [0.15, 0.2) is 23.2 Å². The summed E-state index contributed by atoms with van der Waals surface area (Å²) in [6, 6.07) is 5.69. The number of rotatable bonds is 8. The van der Waals surface area contributed by atoms with Gasteiger partial charge in [0.25, 0.3) is 5.91 Å². The summed E-state index contributed by atoms with van der Waals surface area (Å²) >= 11 is 2.60. The standard InChI is InChI=1S/C23H28N4O5S2/c1-4-9-27-18-8-7-17(31-5-2)14-19(18)34-22(27)24-20(28)15-33-16-21(29)25-10-12-26(13-11-25)23(30)32-6-3/h1,7-8,14H,5-6,9-13,15-16H2,2-3H3. The van der Waals surface area contributed by atoms with Crippen LogP contribution in [0.4, 0.5) is 4.79 Å². The minimum Gasteiger partial charge on any atom is -0.494 e. The van der Waals surface area contributed by atoms with Crippen LogP contribution in [0.3, 0.4) is 0 Å². The minimum absolute atomic E-state index is 0.0611. The number of hydrogen-bond acceptors (Lipinski definition) is 7. The van der Waals surface area contributed by atoms with Crippen LogP contribution < -0.4 is 9.54 Å². The van der Waals surface area contributed by atoms with Gasteiger partial charge in [-0.2, -0.15) is 4.99 Å². The highest BCUT2D eigenvalue weighted by Crippen LogP contribution is 2.23. The Kier molecular flexibility index (Phi) is 9.42. The fourth-order valence-electron chi connectivity index (χ4n) is 3.45. The second-order valence-corrected chi connectivity index (χ2v) is 9.30. The number of thiazole rings is 1. The maximum atomic E-state index is 12.5. The van der Waals surface area contributed by atoms with Gasteiger partial charge >= 0.3 is 6.09 Å². The number of terminal acetylenes is 1. The Morgan fingerprint density at radius 3 is 2.53 bits per heavy atom. The number of thioether (sulfide) groups is 1. The Hall–Kier alpha value is -2.97. The zero-order chi connectivity index (χ0) is 24.5. The summed E-state index contributed by atoms with van der Waals surface area (Å²) in [4.78, 5) is 44.8. The number of carbonyl (C=O) groups excluding carboxylic acids is 3. The van der Waals surface area contributed by atoms with E-state index in [0.29, 0.717) is 50.7 Å². The molecule has 1 aliphatic heterocycles. The van der Waals surface area contributed by atoms with Gasteiger partial charge in [-0.05, 0) is 32.0 Å². The maximum absolute atomic E-state index is 12.5. The number of fused-ring (bicyclic) bond motifs is 1. The zero-order valence-corrected chi connectivity index (χ0v) is 21.0. The molecule has 1 fully saturated rings. The van der Waals surface area contributed by atoms with E-state index in [1.54, 1.807) is 16.7 Å². The molecule has 3 amide bonds. The molecule has 0 unspecified atom stereocenters. The number of benzene rings is 1. The van der Waals surface area contributed by atoms with E-state index < -0.39 is 0 Å². The summed E-state index contributed by atoms with van der Waals surface area (Å²) in [5, 5.41) is 0. The molecule has 2 aromatic rings. The van der Waals surface area contributed by atoms with Gasteiger partial charge in [0.15, 0.2) is 4.80 Å². The number of carbonyl (C=O) groups is 3. The predicted octanol–water partition coefficient (Wildman–Crippen LogP) is 2.20. The third kappa shape index (κ3) is 6.55. The SMILES string of the molecule is C#CCn1c(=NC(=O)CSCC(=O)N2CCN(C(=O)OCC)CC2)sc2cc(OCC)ccc21. The summed E-state index contributed by atoms with van der Waals surface area (Å²) in [5.74, 6) is 3.23. The molecule has 0 aliphatic carbocycles. The van der Waals surface area contributed by atoms with Crippen molar-refractivity contribution in [3.63, 3.8) is 0 Å². The van der Waals surface area contributed by atoms with Gasteiger partial charge in [-0.1, -0.05) is 17.3 Å². The third-order valence-electron chi connectivity index (χ3n) is 5.04. The molecular weight excluding hydrogens is 476 g/mol. The smallest absolute Gasteiger partial charge is 0.409 e. The molecule has 2 heterocycles. The van der Waals surface area contributed by atoms with E-state index >= 15 is 0 Å². The van der Waals surface area contributed by atoms with Crippen molar-refractivity contribution in [1.82, 2.24) is 14.4 Å². The Labute approximate surface area is 206 Å². The lowest BCUT2D eigenvalue weighted by molar-refractivity contribution is -0.129. The van der Waals surface area contributed by atoms with Crippen LogP contribution >= 0.6 is 23.1 Å². The van der Waals surface area contributed by atoms with Gasteiger partial charge < -0.3 is 23.8 Å². The van der Waals surface area contributed by atoms with E-state index in [0.717, 1.165) is 16.0 Å². The van der Waals surface area contributed by atoms with Crippen molar-refractivity contribution in [3.8, 4) is 18.1 Å². The number of nitrogens with zero attached hydrogens (tertiary/aromatic N) is 4. The molecule has 1 aromatic carbocycles. The fraction of sp³-hybridized carbons (Fsp3) is 0.478. The molecule has 1 aromatic heterocycles. The Morgan fingerprint density at radius 1 is 1.12 bits per heavy atom. The number of ether oxygens (including phenoxy) is 2. The van der Waals surface area contributed by atoms with Gasteiger partial charge in [-0.25, -0.2) is 4.79 Å².